The van der Waals surface area contributed by atoms with E-state index in [1.165, 1.54) is 36.5 Å². The van der Waals surface area contributed by atoms with E-state index in [0.29, 0.717) is 35.1 Å². The summed E-state index contributed by atoms with van der Waals surface area (Å²) in [5.41, 5.74) is 1.65. The Morgan fingerprint density at radius 2 is 1.70 bits per heavy atom. The minimum absolute atomic E-state index is 0.0166. The molecule has 3 aromatic rings. The minimum Gasteiger partial charge on any atom is -0.483 e. The second kappa shape index (κ2) is 16.2. The predicted molar refractivity (Wildman–Crippen MR) is 211 cm³/mol. The number of rotatable bonds is 12. The predicted octanol–water partition coefficient (Wildman–Crippen LogP) is 4.29. The molecule has 0 bridgehead atoms. The molecule has 1 aromatic heterocycles. The number of carbonyl (C=O) groups excluding carboxylic acids is 6. The van der Waals surface area contributed by atoms with Gasteiger partial charge in [-0.3, -0.25) is 59.7 Å². The summed E-state index contributed by atoms with van der Waals surface area (Å²) in [6.07, 6.45) is 0.904. The van der Waals surface area contributed by atoms with Crippen LogP contribution in [0.5, 0.6) is 5.75 Å². The normalized spacial score (nSPS) is 19.2. The van der Waals surface area contributed by atoms with Crippen molar-refractivity contribution in [2.75, 3.05) is 24.6 Å². The third-order valence-corrected chi connectivity index (χ3v) is 11.5. The number of piperidine rings is 1. The summed E-state index contributed by atoms with van der Waals surface area (Å²) < 4.78 is 5.66. The van der Waals surface area contributed by atoms with Crippen LogP contribution < -0.4 is 25.6 Å². The molecule has 2 aromatic carbocycles. The number of imide groups is 2. The molecular formula is C39H41ClN8O7S. The minimum atomic E-state index is -1.56. The maximum absolute atomic E-state index is 13.4. The molecule has 56 heavy (non-hydrogen) atoms. The molecule has 0 aliphatic carbocycles. The zero-order valence-corrected chi connectivity index (χ0v) is 32.8. The Bertz CT molecular complexity index is 2220. The fourth-order valence-electron chi connectivity index (χ4n) is 6.87. The number of nitrogens with zero attached hydrogens (tertiary/aromatic N) is 3. The van der Waals surface area contributed by atoms with Gasteiger partial charge in [0, 0.05) is 40.5 Å². The van der Waals surface area contributed by atoms with Gasteiger partial charge in [-0.2, -0.15) is 0 Å². The zero-order valence-electron chi connectivity index (χ0n) is 31.3. The van der Waals surface area contributed by atoms with Crippen molar-refractivity contribution in [2.24, 2.45) is 4.99 Å². The van der Waals surface area contributed by atoms with Gasteiger partial charge >= 0.3 is 0 Å². The van der Waals surface area contributed by atoms with Crippen LogP contribution in [0.15, 0.2) is 47.5 Å². The molecular weight excluding hydrogens is 760 g/mol. The van der Waals surface area contributed by atoms with Gasteiger partial charge in [0.2, 0.25) is 11.8 Å². The molecule has 0 radical (unpaired) electrons. The SMILES string of the molecule is CC(=N)N1C(=N)[C@H](CC(=O)NCCCCNC(=O)COc2cccc3c2C(=O)N([C@@]2(C)CCC(=O)NC2=O)C3=O)N=C(c2ccc(Cl)cc2)c2c1sc(C)c2C. The van der Waals surface area contributed by atoms with Crippen LogP contribution in [-0.2, 0) is 19.2 Å². The van der Waals surface area contributed by atoms with Crippen molar-refractivity contribution in [3.63, 3.8) is 0 Å². The lowest BCUT2D eigenvalue weighted by atomic mass is 9.89. The number of aryl methyl sites for hydroxylation is 1. The van der Waals surface area contributed by atoms with Crippen molar-refractivity contribution in [3.8, 4) is 5.75 Å². The van der Waals surface area contributed by atoms with Crippen LogP contribution in [0, 0.1) is 24.7 Å². The lowest BCUT2D eigenvalue weighted by molar-refractivity contribution is -0.141. The average molecular weight is 801 g/mol. The Hall–Kier alpha value is -5.74. The summed E-state index contributed by atoms with van der Waals surface area (Å²) in [5.74, 6) is -3.25. The number of benzene rings is 2. The molecule has 1 saturated heterocycles. The quantitative estimate of drug-likeness (QED) is 0.0770. The summed E-state index contributed by atoms with van der Waals surface area (Å²) in [7, 11) is 0. The Morgan fingerprint density at radius 3 is 2.36 bits per heavy atom. The number of amides is 6. The maximum atomic E-state index is 13.4. The van der Waals surface area contributed by atoms with Gasteiger partial charge in [-0.25, -0.2) is 0 Å². The van der Waals surface area contributed by atoms with Crippen molar-refractivity contribution < 1.29 is 33.5 Å². The Balaban J connectivity index is 1.000. The number of nitrogens with one attached hydrogen (secondary N) is 5. The standard InChI is InChI=1S/C39H41ClN8O7S/c1-20-21(2)56-37-31(20)33(23-10-12-24(40)13-11-23)45-26(34(42)47(37)22(3)41)18-29(50)43-16-5-6-17-44-30(51)19-55-27-9-7-8-25-32(27)36(53)48(35(25)52)39(4)15-14-28(49)46-38(39)54/h7-13,26,41-42H,5-6,14-19H2,1-4H3,(H,43,50)(H,44,51)(H,46,49,54)/t26-,39-/m0/s1. The van der Waals surface area contributed by atoms with E-state index in [2.05, 4.69) is 16.0 Å². The summed E-state index contributed by atoms with van der Waals surface area (Å²) in [5, 5.41) is 26.7. The number of hydrogen-bond donors (Lipinski definition) is 5. The third-order valence-electron chi connectivity index (χ3n) is 10.0. The van der Waals surface area contributed by atoms with Crippen LogP contribution in [0.25, 0.3) is 0 Å². The number of aliphatic imine (C=N–C) groups is 1. The number of halogens is 1. The average Bonchev–Trinajstić information content (AvgIpc) is 3.54. The van der Waals surface area contributed by atoms with Crippen LogP contribution in [0.2, 0.25) is 5.02 Å². The topological polar surface area (TPSA) is 214 Å². The highest BCUT2D eigenvalue weighted by Crippen LogP contribution is 2.41. The molecule has 0 unspecified atom stereocenters. The number of amidine groups is 2. The van der Waals surface area contributed by atoms with Gasteiger partial charge < -0.3 is 15.4 Å². The van der Waals surface area contributed by atoms with Gasteiger partial charge in [0.15, 0.2) is 6.61 Å². The molecule has 17 heteroatoms. The second-order valence-corrected chi connectivity index (χ2v) is 15.6. The first kappa shape index (κ1) is 39.9. The number of carbonyl (C=O) groups is 6. The summed E-state index contributed by atoms with van der Waals surface area (Å²) in [4.78, 5) is 85.3. The van der Waals surface area contributed by atoms with Crippen molar-refractivity contribution in [1.29, 1.82) is 10.8 Å². The molecule has 0 saturated carbocycles. The highest BCUT2D eigenvalue weighted by molar-refractivity contribution is 7.17. The van der Waals surface area contributed by atoms with Gasteiger partial charge in [-0.15, -0.1) is 11.3 Å². The number of fused-ring (bicyclic) bond motifs is 2. The molecule has 3 aliphatic heterocycles. The molecule has 6 rings (SSSR count). The second-order valence-electron chi connectivity index (χ2n) is 13.9. The van der Waals surface area contributed by atoms with E-state index in [1.54, 1.807) is 24.0 Å². The number of ether oxygens (including phenoxy) is 1. The summed E-state index contributed by atoms with van der Waals surface area (Å²) in [6.45, 7) is 7.16. The van der Waals surface area contributed by atoms with Gasteiger partial charge in [0.1, 0.15) is 34.0 Å². The van der Waals surface area contributed by atoms with E-state index in [1.807, 2.05) is 26.0 Å². The molecule has 5 N–H and O–H groups in total. The van der Waals surface area contributed by atoms with E-state index < -0.39 is 47.7 Å². The van der Waals surface area contributed by atoms with E-state index in [4.69, 9.17) is 32.1 Å². The van der Waals surface area contributed by atoms with Crippen LogP contribution in [0.1, 0.15) is 88.2 Å². The van der Waals surface area contributed by atoms with Gasteiger partial charge in [-0.1, -0.05) is 29.8 Å². The smallest absolute Gasteiger partial charge is 0.266 e. The fourth-order valence-corrected chi connectivity index (χ4v) is 8.22. The molecule has 3 aliphatic rings. The monoisotopic (exact) mass is 800 g/mol. The molecule has 292 valence electrons. The zero-order chi connectivity index (χ0) is 40.5. The Morgan fingerprint density at radius 1 is 1.02 bits per heavy atom. The molecule has 0 spiro atoms. The van der Waals surface area contributed by atoms with Gasteiger partial charge in [-0.05, 0) is 76.8 Å². The van der Waals surface area contributed by atoms with Gasteiger partial charge in [0.05, 0.1) is 23.3 Å². The van der Waals surface area contributed by atoms with Gasteiger partial charge in [0.25, 0.3) is 23.6 Å². The maximum Gasteiger partial charge on any atom is 0.266 e. The number of anilines is 1. The fraction of sp³-hybridized carbons (Fsp3) is 0.359. The Labute approximate surface area is 331 Å². The van der Waals surface area contributed by atoms with Crippen molar-refractivity contribution in [1.82, 2.24) is 20.9 Å². The van der Waals surface area contributed by atoms with Crippen molar-refractivity contribution in [2.45, 2.75) is 71.4 Å². The number of thiophene rings is 1. The highest BCUT2D eigenvalue weighted by atomic mass is 35.5. The molecule has 2 atom stereocenters. The first-order chi connectivity index (χ1) is 26.6. The number of hydrogen-bond acceptors (Lipinski definition) is 11. The largest absolute Gasteiger partial charge is 0.483 e. The van der Waals surface area contributed by atoms with Crippen molar-refractivity contribution in [3.05, 3.63) is 80.2 Å². The summed E-state index contributed by atoms with van der Waals surface area (Å²) in [6, 6.07) is 10.8. The van der Waals surface area contributed by atoms with Crippen LogP contribution in [0.3, 0.4) is 0 Å². The molecule has 15 nitrogen and oxygen atoms in total. The molecule has 1 fully saturated rings. The van der Waals surface area contributed by atoms with E-state index in [-0.39, 0.29) is 60.3 Å². The van der Waals surface area contributed by atoms with Crippen molar-refractivity contribution >= 4 is 80.8 Å². The van der Waals surface area contributed by atoms with Crippen LogP contribution in [0.4, 0.5) is 5.00 Å². The van der Waals surface area contributed by atoms with Crippen LogP contribution >= 0.6 is 22.9 Å². The summed E-state index contributed by atoms with van der Waals surface area (Å²) >= 11 is 7.65. The third kappa shape index (κ3) is 7.71. The molecule has 6 amide bonds. The highest BCUT2D eigenvalue weighted by Gasteiger charge is 2.53. The Kier molecular flexibility index (Phi) is 11.5. The van der Waals surface area contributed by atoms with E-state index in [0.717, 1.165) is 26.5 Å². The van der Waals surface area contributed by atoms with E-state index in [9.17, 15) is 28.8 Å². The first-order valence-electron chi connectivity index (χ1n) is 18.0. The first-order valence-corrected chi connectivity index (χ1v) is 19.2. The van der Waals surface area contributed by atoms with E-state index >= 15 is 0 Å². The van der Waals surface area contributed by atoms with Crippen LogP contribution in [-0.4, -0.2) is 89.0 Å². The lowest BCUT2D eigenvalue weighted by Gasteiger charge is -2.38. The lowest BCUT2D eigenvalue weighted by Crippen LogP contribution is -2.62. The molecule has 4 heterocycles. The number of unbranched alkanes of at least 4 members (excludes halogenated alkanes) is 1.